The van der Waals surface area contributed by atoms with Crippen molar-refractivity contribution in [2.24, 2.45) is 14.1 Å². The molecular formula is C17H19N5O5. The zero-order chi connectivity index (χ0) is 19.6. The first-order valence-electron chi connectivity index (χ1n) is 8.20. The fourth-order valence-corrected chi connectivity index (χ4v) is 2.73. The zero-order valence-electron chi connectivity index (χ0n) is 14.9. The molecule has 10 nitrogen and oxygen atoms in total. The summed E-state index contributed by atoms with van der Waals surface area (Å²) in [5.74, 6) is -0.222. The van der Waals surface area contributed by atoms with Gasteiger partial charge in [0.05, 0.1) is 6.54 Å². The number of carboxylic acids is 1. The van der Waals surface area contributed by atoms with E-state index in [0.717, 1.165) is 4.57 Å². The standard InChI is InChI=1S/C17H19N5O5/c1-20-14-13(15(25)21(2)17(20)26)22(16(19-14)18-10-12(23)24)8-9-27-11-6-4-3-5-7-11/h3-7H,8-10H2,1-2H3,(H,18,19)(H,23,24). The number of aromatic nitrogens is 4. The summed E-state index contributed by atoms with van der Waals surface area (Å²) < 4.78 is 9.43. The van der Waals surface area contributed by atoms with Gasteiger partial charge in [-0.05, 0) is 12.1 Å². The number of fused-ring (bicyclic) bond motifs is 1. The first-order chi connectivity index (χ1) is 12.9. The van der Waals surface area contributed by atoms with Gasteiger partial charge in [-0.25, -0.2) is 4.79 Å². The number of ether oxygens (including phenoxy) is 1. The molecule has 27 heavy (non-hydrogen) atoms. The normalized spacial score (nSPS) is 10.9. The van der Waals surface area contributed by atoms with Gasteiger partial charge in [-0.1, -0.05) is 18.2 Å². The number of hydrogen-bond donors (Lipinski definition) is 2. The number of rotatable bonds is 7. The second kappa shape index (κ2) is 7.36. The van der Waals surface area contributed by atoms with Crippen LogP contribution in [0.25, 0.3) is 11.2 Å². The molecule has 0 aliphatic carbocycles. The molecule has 2 N–H and O–H groups in total. The summed E-state index contributed by atoms with van der Waals surface area (Å²) in [4.78, 5) is 39.9. The van der Waals surface area contributed by atoms with Crippen LogP contribution < -0.4 is 21.3 Å². The largest absolute Gasteiger partial charge is 0.492 e. The van der Waals surface area contributed by atoms with E-state index in [9.17, 15) is 14.4 Å². The fraction of sp³-hybridized carbons (Fsp3) is 0.294. The molecule has 0 saturated heterocycles. The quantitative estimate of drug-likeness (QED) is 0.598. The number of aliphatic carboxylic acids is 1. The molecule has 0 fully saturated rings. The molecular weight excluding hydrogens is 354 g/mol. The van der Waals surface area contributed by atoms with E-state index in [1.165, 1.54) is 23.2 Å². The number of nitrogens with zero attached hydrogens (tertiary/aromatic N) is 4. The minimum Gasteiger partial charge on any atom is -0.492 e. The van der Waals surface area contributed by atoms with Gasteiger partial charge in [0.1, 0.15) is 18.9 Å². The molecule has 3 aromatic rings. The number of nitrogens with one attached hydrogen (secondary N) is 1. The second-order valence-corrected chi connectivity index (χ2v) is 5.87. The highest BCUT2D eigenvalue weighted by atomic mass is 16.5. The van der Waals surface area contributed by atoms with Crippen LogP contribution in [0.1, 0.15) is 0 Å². The Morgan fingerprint density at radius 1 is 1.19 bits per heavy atom. The van der Waals surface area contributed by atoms with Gasteiger partial charge in [-0.3, -0.25) is 18.7 Å². The van der Waals surface area contributed by atoms with Gasteiger partial charge < -0.3 is 19.7 Å². The van der Waals surface area contributed by atoms with E-state index in [1.807, 2.05) is 18.2 Å². The van der Waals surface area contributed by atoms with Gasteiger partial charge in [-0.15, -0.1) is 0 Å². The predicted octanol–water partition coefficient (Wildman–Crippen LogP) is 0.00920. The molecule has 0 amide bonds. The Morgan fingerprint density at radius 2 is 1.89 bits per heavy atom. The summed E-state index contributed by atoms with van der Waals surface area (Å²) in [6.07, 6.45) is 0. The van der Waals surface area contributed by atoms with Gasteiger partial charge in [0, 0.05) is 14.1 Å². The maximum absolute atomic E-state index is 12.6. The number of imidazole rings is 1. The first-order valence-corrected chi connectivity index (χ1v) is 8.20. The first kappa shape index (κ1) is 18.2. The SMILES string of the molecule is Cn1c(=O)c2c(nc(NCC(=O)O)n2CCOc2ccccc2)n(C)c1=O. The molecule has 0 radical (unpaired) electrons. The van der Waals surface area contributed by atoms with Gasteiger partial charge in [0.25, 0.3) is 5.56 Å². The summed E-state index contributed by atoms with van der Waals surface area (Å²) >= 11 is 0. The van der Waals surface area contributed by atoms with Crippen molar-refractivity contribution < 1.29 is 14.6 Å². The number of hydrogen-bond acceptors (Lipinski definition) is 6. The van der Waals surface area contributed by atoms with E-state index in [1.54, 1.807) is 12.1 Å². The van der Waals surface area contributed by atoms with Gasteiger partial charge in [-0.2, -0.15) is 4.98 Å². The van der Waals surface area contributed by atoms with E-state index < -0.39 is 17.2 Å². The van der Waals surface area contributed by atoms with Gasteiger partial charge in [0.2, 0.25) is 5.95 Å². The van der Waals surface area contributed by atoms with Gasteiger partial charge in [0.15, 0.2) is 11.2 Å². The molecule has 0 unspecified atom stereocenters. The average molecular weight is 373 g/mol. The third-order valence-electron chi connectivity index (χ3n) is 4.07. The molecule has 10 heteroatoms. The van der Waals surface area contributed by atoms with Crippen LogP contribution in [0.5, 0.6) is 5.75 Å². The maximum atomic E-state index is 12.6. The molecule has 1 aromatic carbocycles. The Kier molecular flexibility index (Phi) is 4.97. The van der Waals surface area contributed by atoms with E-state index in [2.05, 4.69) is 10.3 Å². The van der Waals surface area contributed by atoms with Crippen LogP contribution in [0, 0.1) is 0 Å². The van der Waals surface area contributed by atoms with Crippen molar-refractivity contribution in [2.75, 3.05) is 18.5 Å². The minimum atomic E-state index is -1.07. The Morgan fingerprint density at radius 3 is 2.56 bits per heavy atom. The molecule has 0 atom stereocenters. The highest BCUT2D eigenvalue weighted by molar-refractivity contribution is 5.76. The van der Waals surface area contributed by atoms with Crippen molar-refractivity contribution >= 4 is 23.1 Å². The van der Waals surface area contributed by atoms with E-state index in [4.69, 9.17) is 9.84 Å². The average Bonchev–Trinajstić information content (AvgIpc) is 3.02. The van der Waals surface area contributed by atoms with Crippen LogP contribution in [0.3, 0.4) is 0 Å². The number of carboxylic acid groups (broad SMARTS) is 1. The fourth-order valence-electron chi connectivity index (χ4n) is 2.73. The van der Waals surface area contributed by atoms with Crippen molar-refractivity contribution in [3.63, 3.8) is 0 Å². The van der Waals surface area contributed by atoms with Crippen LogP contribution in [0.4, 0.5) is 5.95 Å². The molecule has 0 saturated carbocycles. The van der Waals surface area contributed by atoms with Crippen LogP contribution in [0.2, 0.25) is 0 Å². The zero-order valence-corrected chi connectivity index (χ0v) is 14.9. The van der Waals surface area contributed by atoms with Crippen molar-refractivity contribution in [3.05, 3.63) is 51.2 Å². The minimum absolute atomic E-state index is 0.177. The van der Waals surface area contributed by atoms with Crippen LogP contribution >= 0.6 is 0 Å². The maximum Gasteiger partial charge on any atom is 0.332 e. The molecule has 0 spiro atoms. The number of benzene rings is 1. The number of anilines is 1. The van der Waals surface area contributed by atoms with Crippen LogP contribution in [-0.2, 0) is 25.4 Å². The number of carbonyl (C=O) groups is 1. The van der Waals surface area contributed by atoms with Crippen molar-refractivity contribution in [1.29, 1.82) is 0 Å². The molecule has 2 aromatic heterocycles. The van der Waals surface area contributed by atoms with Crippen molar-refractivity contribution in [2.45, 2.75) is 6.54 Å². The van der Waals surface area contributed by atoms with Crippen LogP contribution in [0.15, 0.2) is 39.9 Å². The monoisotopic (exact) mass is 373 g/mol. The summed E-state index contributed by atoms with van der Waals surface area (Å²) in [7, 11) is 2.88. The van der Waals surface area contributed by atoms with Gasteiger partial charge >= 0.3 is 11.7 Å². The topological polar surface area (TPSA) is 120 Å². The highest BCUT2D eigenvalue weighted by Gasteiger charge is 2.19. The Bertz CT molecular complexity index is 1100. The Labute approximate surface area is 153 Å². The molecule has 3 rings (SSSR count). The lowest BCUT2D eigenvalue weighted by atomic mass is 10.3. The Balaban J connectivity index is 2.01. The lowest BCUT2D eigenvalue weighted by Crippen LogP contribution is -2.37. The Hall–Kier alpha value is -3.56. The highest BCUT2D eigenvalue weighted by Crippen LogP contribution is 2.16. The van der Waals surface area contributed by atoms with Crippen molar-refractivity contribution in [3.8, 4) is 5.75 Å². The van der Waals surface area contributed by atoms with E-state index >= 15 is 0 Å². The molecule has 142 valence electrons. The number of aryl methyl sites for hydroxylation is 1. The lowest BCUT2D eigenvalue weighted by Gasteiger charge is -2.11. The summed E-state index contributed by atoms with van der Waals surface area (Å²) in [5.41, 5.74) is -0.647. The summed E-state index contributed by atoms with van der Waals surface area (Å²) in [6.45, 7) is 0.0845. The molecule has 0 bridgehead atoms. The molecule has 0 aliphatic rings. The van der Waals surface area contributed by atoms with E-state index in [-0.39, 0.29) is 36.8 Å². The number of para-hydroxylation sites is 1. The smallest absolute Gasteiger partial charge is 0.332 e. The lowest BCUT2D eigenvalue weighted by molar-refractivity contribution is -0.134. The molecule has 2 heterocycles. The van der Waals surface area contributed by atoms with E-state index in [0.29, 0.717) is 5.75 Å². The second-order valence-electron chi connectivity index (χ2n) is 5.87. The van der Waals surface area contributed by atoms with Crippen molar-refractivity contribution in [1.82, 2.24) is 18.7 Å². The predicted molar refractivity (Wildman–Crippen MR) is 98.3 cm³/mol. The third kappa shape index (κ3) is 3.54. The summed E-state index contributed by atoms with van der Waals surface area (Å²) in [6, 6.07) is 9.16. The van der Waals surface area contributed by atoms with Crippen LogP contribution in [-0.4, -0.2) is 42.9 Å². The molecule has 0 aliphatic heterocycles. The summed E-state index contributed by atoms with van der Waals surface area (Å²) in [5, 5.41) is 11.6. The third-order valence-corrected chi connectivity index (χ3v) is 4.07.